The Balaban J connectivity index is 0.808. The van der Waals surface area contributed by atoms with Crippen molar-refractivity contribution in [3.8, 4) is 29.0 Å². The summed E-state index contributed by atoms with van der Waals surface area (Å²) < 4.78 is 28.5. The summed E-state index contributed by atoms with van der Waals surface area (Å²) in [5.41, 5.74) is 6.18. The van der Waals surface area contributed by atoms with Crippen molar-refractivity contribution in [2.24, 2.45) is 5.41 Å². The second-order valence-electron chi connectivity index (χ2n) is 22.8. The lowest BCUT2D eigenvalue weighted by Gasteiger charge is -2.41. The predicted molar refractivity (Wildman–Crippen MR) is 301 cm³/mol. The third kappa shape index (κ3) is 13.9. The molecule has 5 atom stereocenters. The van der Waals surface area contributed by atoms with Crippen molar-refractivity contribution in [1.82, 2.24) is 45.5 Å². The SMILES string of the molecule is CN[C@H](C)C(=O)N[C@@H](C(=O)N1Cc2cc(OCCCCCCCCC(=O)CCCn3nc4c(c3C#N)-c3cnc(C)c(n3)O[C@H](C)c3cc(F)ccc3C(=O)N(C)C4)ccc2C[C@@H]1C(=O)N[C@H]1CCCc2ccccc21)C(C)(C)C. The Morgan fingerprint density at radius 3 is 2.45 bits per heavy atom. The number of ether oxygens (including phenoxy) is 2. The highest BCUT2D eigenvalue weighted by molar-refractivity contribution is 5.96. The zero-order valence-electron chi connectivity index (χ0n) is 47.6. The van der Waals surface area contributed by atoms with Crippen molar-refractivity contribution in [3.05, 3.63) is 123 Å². The maximum atomic E-state index is 14.8. The fourth-order valence-corrected chi connectivity index (χ4v) is 11.0. The van der Waals surface area contributed by atoms with Gasteiger partial charge in [0.25, 0.3) is 5.91 Å². The van der Waals surface area contributed by atoms with Crippen LogP contribution in [0.5, 0.6) is 11.6 Å². The quantitative estimate of drug-likeness (QED) is 0.0623. The predicted octanol–water partition coefficient (Wildman–Crippen LogP) is 9.13. The molecule has 2 aromatic heterocycles. The summed E-state index contributed by atoms with van der Waals surface area (Å²) >= 11 is 0. The van der Waals surface area contributed by atoms with Gasteiger partial charge >= 0.3 is 0 Å². The summed E-state index contributed by atoms with van der Waals surface area (Å²) in [7, 11) is 3.32. The van der Waals surface area contributed by atoms with Gasteiger partial charge in [-0.3, -0.25) is 33.6 Å². The maximum absolute atomic E-state index is 14.8. The van der Waals surface area contributed by atoms with Gasteiger partial charge in [0.15, 0.2) is 0 Å². The molecule has 2 bridgehead atoms. The van der Waals surface area contributed by atoms with Gasteiger partial charge in [-0.1, -0.05) is 76.8 Å². The van der Waals surface area contributed by atoms with E-state index in [1.807, 2.05) is 51.1 Å². The number of halogens is 1. The van der Waals surface area contributed by atoms with E-state index in [-0.39, 0.29) is 65.7 Å². The van der Waals surface area contributed by atoms with Crippen LogP contribution >= 0.6 is 0 Å². The number of rotatable bonds is 20. The second-order valence-corrected chi connectivity index (χ2v) is 22.8. The number of fused-ring (bicyclic) bond motifs is 7. The molecule has 0 fully saturated rings. The van der Waals surface area contributed by atoms with Gasteiger partial charge in [-0.05, 0) is 124 Å². The number of Topliss-reactive ketones (excluding diaryl/α,β-unsaturated/α-hetero) is 1. The number of carbonyl (C=O) groups excluding carboxylic acids is 5. The van der Waals surface area contributed by atoms with Gasteiger partial charge in [0, 0.05) is 50.5 Å². The smallest absolute Gasteiger partial charge is 0.254 e. The summed E-state index contributed by atoms with van der Waals surface area (Å²) in [5.74, 6) is -0.641. The molecular formula is C62H77FN10O7. The minimum absolute atomic E-state index is 0.0397. The zero-order chi connectivity index (χ0) is 57.3. The molecule has 424 valence electrons. The number of ketones is 1. The Morgan fingerprint density at radius 2 is 1.69 bits per heavy atom. The molecule has 3 aliphatic rings. The average molecular weight is 1090 g/mol. The van der Waals surface area contributed by atoms with Crippen molar-refractivity contribution in [2.45, 2.75) is 175 Å². The molecule has 3 N–H and O–H groups in total. The van der Waals surface area contributed by atoms with Crippen molar-refractivity contribution >= 4 is 29.4 Å². The Hall–Kier alpha value is -7.52. The summed E-state index contributed by atoms with van der Waals surface area (Å²) in [6.07, 6.45) is 10.6. The molecule has 5 aromatic rings. The number of hydrogen-bond acceptors (Lipinski definition) is 12. The van der Waals surface area contributed by atoms with Crippen molar-refractivity contribution in [1.29, 1.82) is 5.26 Å². The Bertz CT molecular complexity index is 3130. The van der Waals surface area contributed by atoms with Crippen LogP contribution in [0.3, 0.4) is 0 Å². The number of likely N-dealkylation sites (N-methyl/N-ethyl adjacent to an activating group) is 1. The van der Waals surface area contributed by atoms with Crippen LogP contribution in [0.15, 0.2) is 66.9 Å². The van der Waals surface area contributed by atoms with Gasteiger partial charge in [-0.2, -0.15) is 10.4 Å². The maximum Gasteiger partial charge on any atom is 0.254 e. The van der Waals surface area contributed by atoms with Crippen LogP contribution in [-0.2, 0) is 51.7 Å². The molecular weight excluding hydrogens is 1020 g/mol. The number of nitriles is 1. The van der Waals surface area contributed by atoms with Crippen LogP contribution in [0, 0.1) is 29.5 Å². The third-order valence-electron chi connectivity index (χ3n) is 15.8. The Labute approximate surface area is 469 Å². The Kier molecular flexibility index (Phi) is 19.2. The van der Waals surface area contributed by atoms with E-state index in [0.717, 1.165) is 74.5 Å². The average Bonchev–Trinajstić information content (AvgIpc) is 3.79. The van der Waals surface area contributed by atoms with Crippen LogP contribution in [0.1, 0.15) is 173 Å². The van der Waals surface area contributed by atoms with E-state index in [1.54, 1.807) is 50.6 Å². The number of nitrogens with zero attached hydrogens (tertiary/aromatic N) is 7. The minimum Gasteiger partial charge on any atom is -0.494 e. The molecule has 0 spiro atoms. The molecule has 4 amide bonds. The number of aryl methyl sites for hydroxylation is 3. The zero-order valence-corrected chi connectivity index (χ0v) is 47.6. The van der Waals surface area contributed by atoms with E-state index in [9.17, 15) is 33.6 Å². The van der Waals surface area contributed by atoms with Crippen molar-refractivity contribution in [3.63, 3.8) is 0 Å². The van der Waals surface area contributed by atoms with Crippen molar-refractivity contribution < 1.29 is 37.8 Å². The molecule has 18 heteroatoms. The third-order valence-corrected chi connectivity index (χ3v) is 15.8. The van der Waals surface area contributed by atoms with E-state index in [1.165, 1.54) is 28.7 Å². The molecule has 0 saturated heterocycles. The summed E-state index contributed by atoms with van der Waals surface area (Å²) in [4.78, 5) is 81.6. The number of unbranched alkanes of at least 4 members (excludes halogenated alkanes) is 5. The number of nitrogens with one attached hydrogen (secondary N) is 3. The Morgan fingerprint density at radius 1 is 0.938 bits per heavy atom. The summed E-state index contributed by atoms with van der Waals surface area (Å²) in [6.45, 7) is 12.0. The van der Waals surface area contributed by atoms with Crippen molar-refractivity contribution in [2.75, 3.05) is 20.7 Å². The molecule has 0 saturated carbocycles. The van der Waals surface area contributed by atoms with E-state index >= 15 is 0 Å². The van der Waals surface area contributed by atoms with Crippen LogP contribution in [0.4, 0.5) is 4.39 Å². The highest BCUT2D eigenvalue weighted by Gasteiger charge is 2.43. The van der Waals surface area contributed by atoms with Gasteiger partial charge in [0.2, 0.25) is 23.6 Å². The van der Waals surface area contributed by atoms with Crippen LogP contribution in [-0.4, -0.2) is 97.8 Å². The molecule has 17 nitrogen and oxygen atoms in total. The molecule has 4 heterocycles. The second kappa shape index (κ2) is 26.2. The number of carbonyl (C=O) groups is 5. The van der Waals surface area contributed by atoms with E-state index in [0.29, 0.717) is 72.8 Å². The lowest BCUT2D eigenvalue weighted by molar-refractivity contribution is -0.147. The van der Waals surface area contributed by atoms with E-state index < -0.39 is 35.5 Å². The van der Waals surface area contributed by atoms with Gasteiger partial charge in [-0.15, -0.1) is 0 Å². The number of hydrogen-bond donors (Lipinski definition) is 3. The molecule has 1 aliphatic carbocycles. The summed E-state index contributed by atoms with van der Waals surface area (Å²) in [5, 5.41) is 24.5. The number of benzene rings is 3. The molecule has 80 heavy (non-hydrogen) atoms. The van der Waals surface area contributed by atoms with Gasteiger partial charge in [-0.25, -0.2) is 9.37 Å². The first-order valence-corrected chi connectivity index (χ1v) is 28.3. The normalized spacial score (nSPS) is 17.6. The molecule has 8 rings (SSSR count). The lowest BCUT2D eigenvalue weighted by Crippen LogP contribution is -2.62. The first-order chi connectivity index (χ1) is 38.3. The van der Waals surface area contributed by atoms with Crippen LogP contribution in [0.25, 0.3) is 11.3 Å². The van der Waals surface area contributed by atoms with Crippen LogP contribution < -0.4 is 25.4 Å². The summed E-state index contributed by atoms with van der Waals surface area (Å²) in [6, 6.07) is 18.0. The van der Waals surface area contributed by atoms with Gasteiger partial charge in [0.1, 0.15) is 47.3 Å². The van der Waals surface area contributed by atoms with E-state index in [2.05, 4.69) is 39.1 Å². The first-order valence-electron chi connectivity index (χ1n) is 28.3. The highest BCUT2D eigenvalue weighted by atomic mass is 19.1. The largest absolute Gasteiger partial charge is 0.494 e. The first kappa shape index (κ1) is 58.6. The monoisotopic (exact) mass is 1090 g/mol. The fourth-order valence-electron chi connectivity index (χ4n) is 11.0. The van der Waals surface area contributed by atoms with Gasteiger partial charge in [0.05, 0.1) is 54.1 Å². The lowest BCUT2D eigenvalue weighted by atomic mass is 9.83. The molecule has 2 aliphatic heterocycles. The van der Waals surface area contributed by atoms with Gasteiger partial charge < -0.3 is 35.2 Å². The number of amides is 4. The minimum atomic E-state index is -0.879. The number of aromatic nitrogens is 4. The topological polar surface area (TPSA) is 214 Å². The fraction of sp³-hybridized carbons (Fsp3) is 0.500. The van der Waals surface area contributed by atoms with E-state index in [4.69, 9.17) is 19.6 Å². The molecule has 3 aromatic carbocycles. The molecule has 0 unspecified atom stereocenters. The molecule has 0 radical (unpaired) electrons. The standard InChI is InChI=1S/C62H77FN10O7/c1-38(65-7)57(75)69-56(62(4,5)6)61(78)72-36-43-31-46(27-25-42(43)32-53(72)58(76)67-50-24-17-20-41-19-14-15-23-47(41)50)79-30-16-12-10-9-11-13-21-45(74)22-18-29-73-54(34-64)55-51-35-66-39(2)59(68-51)80-40(3)49-33-44(63)26-28-48(49)60(77)71(8)37-52(55)70-73/h14-15,19,23,25-28,31,33,35,38,40,50,53,56,65H,9-13,16-18,20-22,24,29-30,32,36-37H2,1-8H3,(H,67,76)(H,69,75)/t38-,40-,50+,53-,56+/m1/s1. The van der Waals surface area contributed by atoms with Crippen LogP contribution in [0.2, 0.25) is 0 Å². The highest BCUT2D eigenvalue weighted by Crippen LogP contribution is 2.36.